The Kier molecular flexibility index (Phi) is 4.33. The lowest BCUT2D eigenvalue weighted by Crippen LogP contribution is -2.32. The molecule has 0 spiro atoms. The maximum Gasteiger partial charge on any atom is 0.151 e. The fraction of sp³-hybridized carbons (Fsp3) is 0.625. The van der Waals surface area contributed by atoms with Crippen molar-refractivity contribution >= 4 is 9.84 Å². The first-order valence-corrected chi connectivity index (χ1v) is 9.56. The molecule has 116 valence electrons. The minimum atomic E-state index is -2.81. The summed E-state index contributed by atoms with van der Waals surface area (Å²) in [6, 6.07) is 9.34. The largest absolute Gasteiger partial charge is 0.310 e. The number of nitrogens with one attached hydrogen (secondary N) is 1. The van der Waals surface area contributed by atoms with Crippen molar-refractivity contribution in [3.8, 4) is 0 Å². The van der Waals surface area contributed by atoms with E-state index in [4.69, 9.17) is 0 Å². The molecule has 0 bridgehead atoms. The molecule has 5 heteroatoms. The quantitative estimate of drug-likeness (QED) is 0.866. The van der Waals surface area contributed by atoms with E-state index in [1.165, 1.54) is 24.0 Å². The molecular weight excluding hydrogens is 284 g/mol. The normalized spacial score (nSPS) is 24.6. The van der Waals surface area contributed by atoms with E-state index < -0.39 is 9.84 Å². The van der Waals surface area contributed by atoms with Gasteiger partial charge in [0, 0.05) is 25.2 Å². The molecule has 0 amide bonds. The summed E-state index contributed by atoms with van der Waals surface area (Å²) in [5, 5.41) is 3.55. The van der Waals surface area contributed by atoms with Crippen molar-refractivity contribution in [2.75, 3.05) is 18.6 Å². The fourth-order valence-corrected chi connectivity index (χ4v) is 4.75. The van der Waals surface area contributed by atoms with Crippen molar-refractivity contribution in [2.45, 2.75) is 44.4 Å². The molecule has 1 saturated heterocycles. The molecule has 1 aromatic rings. The molecule has 2 aliphatic rings. The zero-order valence-electron chi connectivity index (χ0n) is 12.6. The van der Waals surface area contributed by atoms with E-state index in [1.54, 1.807) is 0 Å². The summed E-state index contributed by atoms with van der Waals surface area (Å²) in [4.78, 5) is 2.19. The molecule has 21 heavy (non-hydrogen) atoms. The van der Waals surface area contributed by atoms with Gasteiger partial charge in [-0.1, -0.05) is 24.3 Å². The molecule has 1 heterocycles. The number of nitrogens with zero attached hydrogens (tertiary/aromatic N) is 1. The van der Waals surface area contributed by atoms with Gasteiger partial charge in [0.1, 0.15) is 0 Å². The number of sulfone groups is 1. The van der Waals surface area contributed by atoms with Gasteiger partial charge in [-0.2, -0.15) is 0 Å². The summed E-state index contributed by atoms with van der Waals surface area (Å²) < 4.78 is 23.2. The Bertz CT molecular complexity index is 596. The van der Waals surface area contributed by atoms with E-state index in [9.17, 15) is 8.42 Å². The molecule has 0 aromatic heterocycles. The SMILES string of the molecule is CN(Cc1ccccc1CNC1CC1)C1CCS(=O)(=O)C1. The molecule has 2 fully saturated rings. The summed E-state index contributed by atoms with van der Waals surface area (Å²) in [7, 11) is -0.772. The van der Waals surface area contributed by atoms with Crippen molar-refractivity contribution in [1.29, 1.82) is 0 Å². The summed E-state index contributed by atoms with van der Waals surface area (Å²) >= 11 is 0. The standard InChI is InChI=1S/C16H24N2O2S/c1-18(16-8-9-21(19,20)12-16)11-14-5-3-2-4-13(14)10-17-15-6-7-15/h2-5,15-17H,6-12H2,1H3. The van der Waals surface area contributed by atoms with Gasteiger partial charge >= 0.3 is 0 Å². The minimum absolute atomic E-state index is 0.166. The van der Waals surface area contributed by atoms with Crippen LogP contribution in [-0.4, -0.2) is 44.0 Å². The molecule has 1 aliphatic carbocycles. The van der Waals surface area contributed by atoms with E-state index in [1.807, 2.05) is 7.05 Å². The van der Waals surface area contributed by atoms with Gasteiger partial charge in [-0.05, 0) is 37.4 Å². The Morgan fingerprint density at radius 1 is 1.19 bits per heavy atom. The number of hydrogen-bond acceptors (Lipinski definition) is 4. The maximum absolute atomic E-state index is 11.6. The molecule has 1 N–H and O–H groups in total. The summed E-state index contributed by atoms with van der Waals surface area (Å²) in [5.41, 5.74) is 2.63. The highest BCUT2D eigenvalue weighted by molar-refractivity contribution is 7.91. The third-order valence-electron chi connectivity index (χ3n) is 4.53. The molecule has 1 atom stereocenters. The summed E-state index contributed by atoms with van der Waals surface area (Å²) in [6.07, 6.45) is 3.35. The van der Waals surface area contributed by atoms with Crippen molar-refractivity contribution < 1.29 is 8.42 Å². The number of hydrogen-bond donors (Lipinski definition) is 1. The molecule has 3 rings (SSSR count). The van der Waals surface area contributed by atoms with Crippen LogP contribution in [0.5, 0.6) is 0 Å². The van der Waals surface area contributed by atoms with Gasteiger partial charge in [0.2, 0.25) is 0 Å². The Balaban J connectivity index is 1.63. The van der Waals surface area contributed by atoms with Gasteiger partial charge in [-0.15, -0.1) is 0 Å². The van der Waals surface area contributed by atoms with Crippen LogP contribution in [0.2, 0.25) is 0 Å². The van der Waals surface area contributed by atoms with E-state index in [-0.39, 0.29) is 6.04 Å². The van der Waals surface area contributed by atoms with E-state index >= 15 is 0 Å². The average Bonchev–Trinajstić information content (AvgIpc) is 3.20. The Hall–Kier alpha value is -0.910. The second-order valence-electron chi connectivity index (χ2n) is 6.40. The lowest BCUT2D eigenvalue weighted by atomic mass is 10.1. The van der Waals surface area contributed by atoms with Crippen molar-refractivity contribution in [1.82, 2.24) is 10.2 Å². The van der Waals surface area contributed by atoms with Gasteiger partial charge in [-0.3, -0.25) is 4.90 Å². The first kappa shape index (κ1) is 15.0. The molecule has 1 aromatic carbocycles. The topological polar surface area (TPSA) is 49.4 Å². The van der Waals surface area contributed by atoms with Crippen LogP contribution < -0.4 is 5.32 Å². The smallest absolute Gasteiger partial charge is 0.151 e. The second kappa shape index (κ2) is 6.07. The molecule has 1 saturated carbocycles. The minimum Gasteiger partial charge on any atom is -0.310 e. The van der Waals surface area contributed by atoms with Gasteiger partial charge in [-0.25, -0.2) is 8.42 Å². The van der Waals surface area contributed by atoms with Crippen LogP contribution in [0.15, 0.2) is 24.3 Å². The zero-order valence-corrected chi connectivity index (χ0v) is 13.4. The van der Waals surface area contributed by atoms with Gasteiger partial charge in [0.05, 0.1) is 11.5 Å². The zero-order chi connectivity index (χ0) is 14.9. The van der Waals surface area contributed by atoms with Crippen LogP contribution in [0.1, 0.15) is 30.4 Å². The predicted octanol–water partition coefficient (Wildman–Crippen LogP) is 1.56. The highest BCUT2D eigenvalue weighted by Crippen LogP contribution is 2.22. The summed E-state index contributed by atoms with van der Waals surface area (Å²) in [6.45, 7) is 1.74. The van der Waals surface area contributed by atoms with Crippen molar-refractivity contribution in [3.05, 3.63) is 35.4 Å². The van der Waals surface area contributed by atoms with Crippen LogP contribution in [0, 0.1) is 0 Å². The third-order valence-corrected chi connectivity index (χ3v) is 6.28. The Labute approximate surface area is 127 Å². The van der Waals surface area contributed by atoms with Gasteiger partial charge < -0.3 is 5.32 Å². The highest BCUT2D eigenvalue weighted by atomic mass is 32.2. The Morgan fingerprint density at radius 3 is 2.52 bits per heavy atom. The number of rotatable bonds is 6. The van der Waals surface area contributed by atoms with Gasteiger partial charge in [0.15, 0.2) is 9.84 Å². The maximum atomic E-state index is 11.6. The monoisotopic (exact) mass is 308 g/mol. The van der Waals surface area contributed by atoms with Gasteiger partial charge in [0.25, 0.3) is 0 Å². The molecule has 1 aliphatic heterocycles. The van der Waals surface area contributed by atoms with Crippen LogP contribution in [0.3, 0.4) is 0 Å². The van der Waals surface area contributed by atoms with Crippen molar-refractivity contribution in [2.24, 2.45) is 0 Å². The van der Waals surface area contributed by atoms with E-state index in [0.717, 1.165) is 19.5 Å². The molecule has 4 nitrogen and oxygen atoms in total. The molecular formula is C16H24N2O2S. The predicted molar refractivity (Wildman–Crippen MR) is 84.8 cm³/mol. The van der Waals surface area contributed by atoms with Crippen LogP contribution >= 0.6 is 0 Å². The number of benzene rings is 1. The lowest BCUT2D eigenvalue weighted by Gasteiger charge is -2.24. The van der Waals surface area contributed by atoms with Crippen LogP contribution in [0.4, 0.5) is 0 Å². The Morgan fingerprint density at radius 2 is 1.90 bits per heavy atom. The van der Waals surface area contributed by atoms with E-state index in [0.29, 0.717) is 17.5 Å². The third kappa shape index (κ3) is 4.05. The highest BCUT2D eigenvalue weighted by Gasteiger charge is 2.30. The van der Waals surface area contributed by atoms with Crippen LogP contribution in [0.25, 0.3) is 0 Å². The first-order valence-electron chi connectivity index (χ1n) is 7.74. The molecule has 0 radical (unpaired) electrons. The van der Waals surface area contributed by atoms with Crippen molar-refractivity contribution in [3.63, 3.8) is 0 Å². The van der Waals surface area contributed by atoms with Crippen LogP contribution in [-0.2, 0) is 22.9 Å². The summed E-state index contributed by atoms with van der Waals surface area (Å²) in [5.74, 6) is 0.652. The fourth-order valence-electron chi connectivity index (χ4n) is 2.95. The van der Waals surface area contributed by atoms with E-state index in [2.05, 4.69) is 34.5 Å². The average molecular weight is 308 g/mol. The first-order chi connectivity index (χ1) is 10.0. The molecule has 1 unspecified atom stereocenters. The second-order valence-corrected chi connectivity index (χ2v) is 8.62. The lowest BCUT2D eigenvalue weighted by molar-refractivity contribution is 0.253.